The van der Waals surface area contributed by atoms with Gasteiger partial charge in [0.15, 0.2) is 0 Å². The molecule has 0 radical (unpaired) electrons. The molecule has 32 heavy (non-hydrogen) atoms. The van der Waals surface area contributed by atoms with Gasteiger partial charge in [0.2, 0.25) is 5.91 Å². The number of nitrogens with zero attached hydrogens (tertiary/aromatic N) is 2. The van der Waals surface area contributed by atoms with E-state index in [2.05, 4.69) is 15.6 Å². The Balaban J connectivity index is 1.38. The van der Waals surface area contributed by atoms with Crippen LogP contribution in [0.4, 0.5) is 10.5 Å². The van der Waals surface area contributed by atoms with Gasteiger partial charge in [-0.05, 0) is 41.5 Å². The second kappa shape index (κ2) is 7.46. The van der Waals surface area contributed by atoms with E-state index in [9.17, 15) is 14.4 Å². The summed E-state index contributed by atoms with van der Waals surface area (Å²) in [6, 6.07) is 22.0. The van der Waals surface area contributed by atoms with Gasteiger partial charge in [0.05, 0.1) is 11.2 Å². The molecule has 7 nitrogen and oxygen atoms in total. The minimum absolute atomic E-state index is 0.392. The van der Waals surface area contributed by atoms with Crippen molar-refractivity contribution in [3.05, 3.63) is 84.6 Å². The van der Waals surface area contributed by atoms with Crippen LogP contribution in [0.25, 0.3) is 21.7 Å². The van der Waals surface area contributed by atoms with Crippen molar-refractivity contribution < 1.29 is 14.4 Å². The molecule has 1 atom stereocenters. The lowest BCUT2D eigenvalue weighted by Gasteiger charge is -2.22. The zero-order valence-corrected chi connectivity index (χ0v) is 17.3. The fourth-order valence-corrected chi connectivity index (χ4v) is 4.07. The van der Waals surface area contributed by atoms with Gasteiger partial charge >= 0.3 is 6.03 Å². The molecule has 5 rings (SSSR count). The Labute approximate surface area is 184 Å². The molecule has 0 unspecified atom stereocenters. The van der Waals surface area contributed by atoms with Gasteiger partial charge in [-0.25, -0.2) is 4.79 Å². The number of hydrogen-bond acceptors (Lipinski definition) is 4. The van der Waals surface area contributed by atoms with Crippen LogP contribution in [0.15, 0.2) is 79.0 Å². The molecule has 0 aliphatic carbocycles. The monoisotopic (exact) mass is 424 g/mol. The van der Waals surface area contributed by atoms with Crippen molar-refractivity contribution in [1.29, 1.82) is 0 Å². The van der Waals surface area contributed by atoms with Crippen molar-refractivity contribution >= 4 is 45.2 Å². The summed E-state index contributed by atoms with van der Waals surface area (Å²) in [5.41, 5.74) is 0.581. The number of amides is 4. The number of nitrogens with one attached hydrogen (secondary N) is 2. The topological polar surface area (TPSA) is 91.4 Å². The average molecular weight is 424 g/mol. The number of rotatable bonds is 4. The van der Waals surface area contributed by atoms with E-state index >= 15 is 0 Å². The second-order valence-corrected chi connectivity index (χ2v) is 7.94. The van der Waals surface area contributed by atoms with Crippen LogP contribution in [0.1, 0.15) is 12.5 Å². The van der Waals surface area contributed by atoms with Crippen molar-refractivity contribution in [3.63, 3.8) is 0 Å². The second-order valence-electron chi connectivity index (χ2n) is 7.94. The summed E-state index contributed by atoms with van der Waals surface area (Å²) in [6.07, 6.45) is 1.64. The number of anilines is 1. The lowest BCUT2D eigenvalue weighted by Crippen LogP contribution is -2.42. The molecular weight excluding hydrogens is 404 g/mol. The van der Waals surface area contributed by atoms with Gasteiger partial charge in [-0.1, -0.05) is 54.6 Å². The van der Waals surface area contributed by atoms with Crippen LogP contribution in [-0.2, 0) is 15.1 Å². The van der Waals surface area contributed by atoms with E-state index in [1.807, 2.05) is 66.7 Å². The van der Waals surface area contributed by atoms with Crippen LogP contribution in [0.3, 0.4) is 0 Å². The third-order valence-corrected chi connectivity index (χ3v) is 5.81. The van der Waals surface area contributed by atoms with Crippen molar-refractivity contribution in [3.8, 4) is 0 Å². The maximum atomic E-state index is 13.2. The molecule has 1 fully saturated rings. The van der Waals surface area contributed by atoms with Gasteiger partial charge in [0.1, 0.15) is 12.1 Å². The first-order valence-corrected chi connectivity index (χ1v) is 10.2. The number of pyridine rings is 1. The summed E-state index contributed by atoms with van der Waals surface area (Å²) in [5, 5.41) is 8.41. The molecule has 0 saturated carbocycles. The molecule has 4 amide bonds. The molecule has 2 heterocycles. The van der Waals surface area contributed by atoms with Gasteiger partial charge in [0.25, 0.3) is 5.91 Å². The third kappa shape index (κ3) is 3.24. The Bertz CT molecular complexity index is 1400. The normalized spacial score (nSPS) is 18.2. The van der Waals surface area contributed by atoms with Gasteiger partial charge in [-0.2, -0.15) is 0 Å². The molecule has 158 valence electrons. The Morgan fingerprint density at radius 2 is 1.72 bits per heavy atom. The molecule has 1 saturated heterocycles. The lowest BCUT2D eigenvalue weighted by atomic mass is 9.90. The number of para-hydroxylation sites is 1. The highest BCUT2D eigenvalue weighted by Crippen LogP contribution is 2.31. The number of aromatic nitrogens is 1. The molecule has 1 aliphatic rings. The average Bonchev–Trinajstić information content (AvgIpc) is 3.03. The number of carbonyl (C=O) groups is 3. The van der Waals surface area contributed by atoms with E-state index in [1.165, 1.54) is 0 Å². The van der Waals surface area contributed by atoms with Gasteiger partial charge in [-0.3, -0.25) is 19.5 Å². The Kier molecular flexibility index (Phi) is 4.59. The summed E-state index contributed by atoms with van der Waals surface area (Å²) >= 11 is 0. The zero-order valence-electron chi connectivity index (χ0n) is 17.3. The molecule has 0 bridgehead atoms. The van der Waals surface area contributed by atoms with Crippen LogP contribution in [0, 0.1) is 0 Å². The van der Waals surface area contributed by atoms with E-state index in [0.717, 1.165) is 21.1 Å². The maximum absolute atomic E-state index is 13.2. The number of urea groups is 1. The third-order valence-electron chi connectivity index (χ3n) is 5.81. The van der Waals surface area contributed by atoms with E-state index in [4.69, 9.17) is 0 Å². The summed E-state index contributed by atoms with van der Waals surface area (Å²) in [5.74, 6) is -0.946. The van der Waals surface area contributed by atoms with Crippen LogP contribution < -0.4 is 10.6 Å². The summed E-state index contributed by atoms with van der Waals surface area (Å²) < 4.78 is 0. The van der Waals surface area contributed by atoms with Crippen molar-refractivity contribution in [2.45, 2.75) is 12.5 Å². The van der Waals surface area contributed by atoms with E-state index < -0.39 is 29.9 Å². The number of carbonyl (C=O) groups excluding carboxylic acids is 3. The highest BCUT2D eigenvalue weighted by Gasteiger charge is 2.49. The minimum Gasteiger partial charge on any atom is -0.323 e. The summed E-state index contributed by atoms with van der Waals surface area (Å²) in [7, 11) is 0. The lowest BCUT2D eigenvalue weighted by molar-refractivity contribution is -0.133. The molecule has 1 aliphatic heterocycles. The minimum atomic E-state index is -1.25. The Hall–Kier alpha value is -4.26. The number of benzene rings is 3. The van der Waals surface area contributed by atoms with Crippen molar-refractivity contribution in [1.82, 2.24) is 15.2 Å². The smallest absolute Gasteiger partial charge is 0.323 e. The Morgan fingerprint density at radius 3 is 2.56 bits per heavy atom. The summed E-state index contributed by atoms with van der Waals surface area (Å²) in [6.45, 7) is 1.26. The Morgan fingerprint density at radius 1 is 0.969 bits per heavy atom. The zero-order chi connectivity index (χ0) is 22.3. The molecule has 1 aromatic heterocycles. The first-order chi connectivity index (χ1) is 15.5. The predicted octanol–water partition coefficient (Wildman–Crippen LogP) is 3.79. The number of fused-ring (bicyclic) bond motifs is 2. The van der Waals surface area contributed by atoms with Crippen LogP contribution >= 0.6 is 0 Å². The fourth-order valence-electron chi connectivity index (χ4n) is 4.07. The van der Waals surface area contributed by atoms with Crippen molar-refractivity contribution in [2.75, 3.05) is 11.9 Å². The molecule has 0 spiro atoms. The first kappa shape index (κ1) is 19.7. The van der Waals surface area contributed by atoms with E-state index in [0.29, 0.717) is 16.8 Å². The van der Waals surface area contributed by atoms with E-state index in [1.54, 1.807) is 19.2 Å². The first-order valence-electron chi connectivity index (χ1n) is 10.2. The molecule has 4 aromatic rings. The predicted molar refractivity (Wildman–Crippen MR) is 122 cm³/mol. The fraction of sp³-hybridized carbons (Fsp3) is 0.120. The van der Waals surface area contributed by atoms with Crippen LogP contribution in [0.2, 0.25) is 0 Å². The number of imide groups is 1. The van der Waals surface area contributed by atoms with Gasteiger partial charge < -0.3 is 10.6 Å². The van der Waals surface area contributed by atoms with Gasteiger partial charge in [0, 0.05) is 11.6 Å². The molecule has 7 heteroatoms. The highest BCUT2D eigenvalue weighted by molar-refractivity contribution is 6.11. The quantitative estimate of drug-likeness (QED) is 0.488. The SMILES string of the molecule is C[C@]1(c2ccc3ccccc3c2)NC(=O)N(CC(=O)Nc2cccc3cccnc23)C1=O. The van der Waals surface area contributed by atoms with Crippen LogP contribution in [-0.4, -0.2) is 34.3 Å². The van der Waals surface area contributed by atoms with Gasteiger partial charge in [-0.15, -0.1) is 0 Å². The van der Waals surface area contributed by atoms with E-state index in [-0.39, 0.29) is 0 Å². The molecule has 2 N–H and O–H groups in total. The summed E-state index contributed by atoms with van der Waals surface area (Å²) in [4.78, 5) is 43.8. The number of hydrogen-bond donors (Lipinski definition) is 2. The van der Waals surface area contributed by atoms with Crippen LogP contribution in [0.5, 0.6) is 0 Å². The standard InChI is InChI=1S/C25H20N4O3/c1-25(19-12-11-16-6-2-3-7-18(16)14-19)23(31)29(24(32)28-25)15-21(30)27-20-10-4-8-17-9-5-13-26-22(17)20/h2-14H,15H2,1H3,(H,27,30)(H,28,32)/t25-/m1/s1. The van der Waals surface area contributed by atoms with Crippen molar-refractivity contribution in [2.24, 2.45) is 0 Å². The maximum Gasteiger partial charge on any atom is 0.325 e. The molecular formula is C25H20N4O3. The molecule has 3 aromatic carbocycles. The highest BCUT2D eigenvalue weighted by atomic mass is 16.2. The largest absolute Gasteiger partial charge is 0.325 e.